The van der Waals surface area contributed by atoms with Crippen molar-refractivity contribution in [3.05, 3.63) is 0 Å². The Balaban J connectivity index is 4.12. The Hall–Kier alpha value is -0.810. The van der Waals surface area contributed by atoms with Gasteiger partial charge in [0.15, 0.2) is 5.96 Å². The minimum atomic E-state index is -0.214. The fraction of sp³-hybridized carbons (Fsp3) is 0.917. The lowest BCUT2D eigenvalue weighted by atomic mass is 10.1. The monoisotopic (exact) mass is 245 g/mol. The van der Waals surface area contributed by atoms with Crippen LogP contribution in [0.5, 0.6) is 0 Å². The van der Waals surface area contributed by atoms with Crippen molar-refractivity contribution in [1.82, 2.24) is 10.6 Å². The number of nitrogens with zero attached hydrogens (tertiary/aromatic N) is 1. The highest BCUT2D eigenvalue weighted by molar-refractivity contribution is 5.79. The largest absolute Gasteiger partial charge is 0.377 e. The van der Waals surface area contributed by atoms with Crippen LogP contribution in [0.1, 0.15) is 27.7 Å². The van der Waals surface area contributed by atoms with Crippen LogP contribution in [0.2, 0.25) is 0 Å². The van der Waals surface area contributed by atoms with Gasteiger partial charge in [-0.25, -0.2) is 0 Å². The molecule has 0 spiro atoms. The standard InChI is InChI=1S/C12H27N3O2/c1-11(2,16-6)8-14-10(13-5)15-9-12(3,4)17-7/h8-9H2,1-7H3,(H2,13,14,15). The number of nitrogens with one attached hydrogen (secondary N) is 2. The number of guanidine groups is 1. The minimum absolute atomic E-state index is 0.214. The molecule has 0 aliphatic carbocycles. The predicted octanol–water partition coefficient (Wildman–Crippen LogP) is 1.00. The van der Waals surface area contributed by atoms with Crippen LogP contribution >= 0.6 is 0 Å². The SMILES string of the molecule is CN=C(NCC(C)(C)OC)NCC(C)(C)OC. The molecule has 2 N–H and O–H groups in total. The van der Waals surface area contributed by atoms with Gasteiger partial charge in [0, 0.05) is 34.4 Å². The maximum absolute atomic E-state index is 5.33. The van der Waals surface area contributed by atoms with Gasteiger partial charge in [0.05, 0.1) is 11.2 Å². The van der Waals surface area contributed by atoms with Gasteiger partial charge in [-0.2, -0.15) is 0 Å². The maximum atomic E-state index is 5.33. The number of rotatable bonds is 6. The number of ether oxygens (including phenoxy) is 2. The molecular formula is C12H27N3O2. The zero-order valence-corrected chi connectivity index (χ0v) is 12.2. The Morgan fingerprint density at radius 2 is 1.29 bits per heavy atom. The Morgan fingerprint density at radius 1 is 0.941 bits per heavy atom. The zero-order chi connectivity index (χ0) is 13.5. The van der Waals surface area contributed by atoms with Crippen molar-refractivity contribution in [2.75, 3.05) is 34.4 Å². The lowest BCUT2D eigenvalue weighted by Gasteiger charge is -2.27. The van der Waals surface area contributed by atoms with Crippen LogP contribution in [-0.4, -0.2) is 51.5 Å². The summed E-state index contributed by atoms with van der Waals surface area (Å²) in [4.78, 5) is 4.15. The molecule has 17 heavy (non-hydrogen) atoms. The number of hydrogen-bond acceptors (Lipinski definition) is 3. The van der Waals surface area contributed by atoms with E-state index in [-0.39, 0.29) is 11.2 Å². The molecule has 0 radical (unpaired) electrons. The Kier molecular flexibility index (Phi) is 6.49. The van der Waals surface area contributed by atoms with Crippen molar-refractivity contribution in [3.8, 4) is 0 Å². The van der Waals surface area contributed by atoms with Gasteiger partial charge < -0.3 is 20.1 Å². The quantitative estimate of drug-likeness (QED) is 0.541. The molecule has 0 aromatic rings. The summed E-state index contributed by atoms with van der Waals surface area (Å²) in [6.07, 6.45) is 0. The summed E-state index contributed by atoms with van der Waals surface area (Å²) in [5.74, 6) is 0.750. The van der Waals surface area contributed by atoms with Gasteiger partial charge in [0.1, 0.15) is 0 Å². The van der Waals surface area contributed by atoms with Gasteiger partial charge in [-0.3, -0.25) is 4.99 Å². The fourth-order valence-electron chi connectivity index (χ4n) is 0.958. The van der Waals surface area contributed by atoms with E-state index in [1.165, 1.54) is 0 Å². The van der Waals surface area contributed by atoms with E-state index < -0.39 is 0 Å². The van der Waals surface area contributed by atoms with Crippen molar-refractivity contribution in [2.24, 2.45) is 4.99 Å². The van der Waals surface area contributed by atoms with Crippen LogP contribution in [0.3, 0.4) is 0 Å². The molecule has 0 bridgehead atoms. The first kappa shape index (κ1) is 16.2. The van der Waals surface area contributed by atoms with Crippen molar-refractivity contribution in [1.29, 1.82) is 0 Å². The first-order valence-electron chi connectivity index (χ1n) is 5.81. The molecule has 0 aromatic heterocycles. The maximum Gasteiger partial charge on any atom is 0.191 e. The summed E-state index contributed by atoms with van der Waals surface area (Å²) in [7, 11) is 5.15. The van der Waals surface area contributed by atoms with Crippen LogP contribution in [0, 0.1) is 0 Å². The normalized spacial score (nSPS) is 12.2. The number of aliphatic imine (C=N–C) groups is 1. The third-order valence-electron chi connectivity index (χ3n) is 2.69. The summed E-state index contributed by atoms with van der Waals surface area (Å²) in [5.41, 5.74) is -0.428. The lowest BCUT2D eigenvalue weighted by Crippen LogP contribution is -2.49. The van der Waals surface area contributed by atoms with E-state index in [1.54, 1.807) is 21.3 Å². The van der Waals surface area contributed by atoms with Crippen molar-refractivity contribution in [2.45, 2.75) is 38.9 Å². The van der Waals surface area contributed by atoms with Crippen LogP contribution in [-0.2, 0) is 9.47 Å². The average molecular weight is 245 g/mol. The molecule has 0 atom stereocenters. The van der Waals surface area contributed by atoms with Gasteiger partial charge >= 0.3 is 0 Å². The smallest absolute Gasteiger partial charge is 0.191 e. The van der Waals surface area contributed by atoms with E-state index in [4.69, 9.17) is 9.47 Å². The molecule has 0 aliphatic heterocycles. The fourth-order valence-corrected chi connectivity index (χ4v) is 0.958. The number of hydrogen-bond donors (Lipinski definition) is 2. The van der Waals surface area contributed by atoms with Crippen molar-refractivity contribution in [3.63, 3.8) is 0 Å². The van der Waals surface area contributed by atoms with E-state index in [2.05, 4.69) is 15.6 Å². The van der Waals surface area contributed by atoms with Crippen LogP contribution in [0.4, 0.5) is 0 Å². The van der Waals surface area contributed by atoms with Crippen LogP contribution < -0.4 is 10.6 Å². The molecule has 0 saturated carbocycles. The van der Waals surface area contributed by atoms with E-state index in [9.17, 15) is 0 Å². The molecule has 0 rings (SSSR count). The van der Waals surface area contributed by atoms with Crippen molar-refractivity contribution < 1.29 is 9.47 Å². The molecule has 0 fully saturated rings. The number of methoxy groups -OCH3 is 2. The molecule has 5 heteroatoms. The van der Waals surface area contributed by atoms with E-state index in [0.717, 1.165) is 5.96 Å². The Labute approximate surface area is 105 Å². The van der Waals surface area contributed by atoms with Gasteiger partial charge in [0.2, 0.25) is 0 Å². The molecule has 0 aromatic carbocycles. The topological polar surface area (TPSA) is 54.9 Å². The molecule has 0 unspecified atom stereocenters. The van der Waals surface area contributed by atoms with Gasteiger partial charge in [-0.05, 0) is 27.7 Å². The highest BCUT2D eigenvalue weighted by Gasteiger charge is 2.19. The Bertz CT molecular complexity index is 228. The van der Waals surface area contributed by atoms with Gasteiger partial charge in [-0.1, -0.05) is 0 Å². The van der Waals surface area contributed by atoms with Crippen LogP contribution in [0.15, 0.2) is 4.99 Å². The summed E-state index contributed by atoms with van der Waals surface area (Å²) < 4.78 is 10.7. The molecule has 0 saturated heterocycles. The predicted molar refractivity (Wildman–Crippen MR) is 71.5 cm³/mol. The van der Waals surface area contributed by atoms with Crippen LogP contribution in [0.25, 0.3) is 0 Å². The van der Waals surface area contributed by atoms with Gasteiger partial charge in [-0.15, -0.1) is 0 Å². The highest BCUT2D eigenvalue weighted by Crippen LogP contribution is 2.06. The summed E-state index contributed by atoms with van der Waals surface area (Å²) in [5, 5.41) is 6.43. The molecular weight excluding hydrogens is 218 g/mol. The second kappa shape index (κ2) is 6.81. The van der Waals surface area contributed by atoms with E-state index >= 15 is 0 Å². The molecule has 5 nitrogen and oxygen atoms in total. The van der Waals surface area contributed by atoms with E-state index in [1.807, 2.05) is 27.7 Å². The van der Waals surface area contributed by atoms with E-state index in [0.29, 0.717) is 13.1 Å². The average Bonchev–Trinajstić information content (AvgIpc) is 2.29. The van der Waals surface area contributed by atoms with Gasteiger partial charge in [0.25, 0.3) is 0 Å². The zero-order valence-electron chi connectivity index (χ0n) is 12.2. The highest BCUT2D eigenvalue weighted by atomic mass is 16.5. The summed E-state index contributed by atoms with van der Waals surface area (Å²) in [6.45, 7) is 9.46. The Morgan fingerprint density at radius 3 is 1.53 bits per heavy atom. The summed E-state index contributed by atoms with van der Waals surface area (Å²) in [6, 6.07) is 0. The first-order valence-corrected chi connectivity index (χ1v) is 5.81. The molecule has 0 aliphatic rings. The molecule has 0 heterocycles. The second-order valence-corrected chi connectivity index (χ2v) is 5.21. The molecule has 102 valence electrons. The van der Waals surface area contributed by atoms with Crippen molar-refractivity contribution >= 4 is 5.96 Å². The lowest BCUT2D eigenvalue weighted by molar-refractivity contribution is 0.0241. The molecule has 0 amide bonds. The second-order valence-electron chi connectivity index (χ2n) is 5.21. The minimum Gasteiger partial charge on any atom is -0.377 e. The third-order valence-corrected chi connectivity index (χ3v) is 2.69. The third kappa shape index (κ3) is 7.18. The summed E-state index contributed by atoms with van der Waals surface area (Å²) >= 11 is 0. The first-order chi connectivity index (χ1) is 7.76.